The minimum Gasteiger partial charge on any atom is -0.337 e. The lowest BCUT2D eigenvalue weighted by Gasteiger charge is -2.34. The van der Waals surface area contributed by atoms with Crippen molar-refractivity contribution in [3.63, 3.8) is 0 Å². The Morgan fingerprint density at radius 3 is 2.43 bits per heavy atom. The summed E-state index contributed by atoms with van der Waals surface area (Å²) in [4.78, 5) is 16.1. The highest BCUT2D eigenvalue weighted by Crippen LogP contribution is 2.33. The van der Waals surface area contributed by atoms with Crippen LogP contribution < -0.4 is 0 Å². The first kappa shape index (κ1) is 21.0. The molecule has 9 heteroatoms. The molecule has 1 fully saturated rings. The van der Waals surface area contributed by atoms with E-state index >= 15 is 0 Å². The van der Waals surface area contributed by atoms with E-state index in [-0.39, 0.29) is 5.91 Å². The second-order valence-electron chi connectivity index (χ2n) is 6.53. The Morgan fingerprint density at radius 1 is 1.11 bits per heavy atom. The number of carbonyl (C=O) groups is 1. The van der Waals surface area contributed by atoms with E-state index in [0.717, 1.165) is 15.3 Å². The third kappa shape index (κ3) is 4.64. The number of hydrogen-bond acceptors (Lipinski definition) is 4. The van der Waals surface area contributed by atoms with Crippen LogP contribution in [0.2, 0.25) is 5.02 Å². The maximum atomic E-state index is 12.4. The molecule has 2 heterocycles. The van der Waals surface area contributed by atoms with Crippen molar-refractivity contribution in [3.8, 4) is 10.4 Å². The molecule has 0 aliphatic carbocycles. The Labute approximate surface area is 174 Å². The zero-order valence-corrected chi connectivity index (χ0v) is 18.1. The first-order chi connectivity index (χ1) is 13.3. The molecular formula is C19H22ClN3O3S2. The minimum atomic E-state index is -3.43. The highest BCUT2D eigenvalue weighted by Gasteiger charge is 2.29. The van der Waals surface area contributed by atoms with E-state index in [4.69, 9.17) is 11.6 Å². The quantitative estimate of drug-likeness (QED) is 0.673. The van der Waals surface area contributed by atoms with Gasteiger partial charge in [0.25, 0.3) is 10.2 Å². The molecule has 1 aliphatic rings. The average Bonchev–Trinajstić information content (AvgIpc) is 3.15. The van der Waals surface area contributed by atoms with Gasteiger partial charge in [0, 0.05) is 66.7 Å². The Hall–Kier alpha value is -1.71. The van der Waals surface area contributed by atoms with Crippen LogP contribution in [-0.2, 0) is 15.0 Å². The van der Waals surface area contributed by atoms with Crippen molar-refractivity contribution in [2.45, 2.75) is 0 Å². The molecule has 1 aromatic carbocycles. The van der Waals surface area contributed by atoms with Gasteiger partial charge in [-0.2, -0.15) is 17.0 Å². The molecule has 0 radical (unpaired) electrons. The van der Waals surface area contributed by atoms with E-state index in [1.165, 1.54) is 28.8 Å². The normalized spacial score (nSPS) is 16.2. The van der Waals surface area contributed by atoms with E-state index in [2.05, 4.69) is 0 Å². The predicted octanol–water partition coefficient (Wildman–Crippen LogP) is 3.03. The number of piperazine rings is 1. The van der Waals surface area contributed by atoms with E-state index in [1.807, 2.05) is 36.4 Å². The fourth-order valence-corrected chi connectivity index (χ4v) is 5.21. The second kappa shape index (κ2) is 8.75. The summed E-state index contributed by atoms with van der Waals surface area (Å²) in [6.07, 6.45) is 3.33. The van der Waals surface area contributed by atoms with Gasteiger partial charge in [-0.05, 0) is 24.3 Å². The van der Waals surface area contributed by atoms with Crippen LogP contribution >= 0.6 is 22.9 Å². The molecule has 3 rings (SSSR count). The van der Waals surface area contributed by atoms with E-state index < -0.39 is 10.2 Å². The molecule has 1 saturated heterocycles. The Morgan fingerprint density at radius 2 is 1.79 bits per heavy atom. The molecule has 1 amide bonds. The van der Waals surface area contributed by atoms with Gasteiger partial charge in [-0.1, -0.05) is 29.8 Å². The predicted molar refractivity (Wildman–Crippen MR) is 115 cm³/mol. The Bertz CT molecular complexity index is 978. The van der Waals surface area contributed by atoms with Gasteiger partial charge in [-0.25, -0.2) is 0 Å². The maximum absolute atomic E-state index is 12.4. The van der Waals surface area contributed by atoms with Gasteiger partial charge in [0.1, 0.15) is 0 Å². The third-order valence-electron chi connectivity index (χ3n) is 4.49. The number of rotatable bonds is 5. The molecule has 1 aliphatic heterocycles. The molecule has 28 heavy (non-hydrogen) atoms. The number of amides is 1. The Kier molecular flexibility index (Phi) is 6.57. The van der Waals surface area contributed by atoms with E-state index in [1.54, 1.807) is 22.3 Å². The van der Waals surface area contributed by atoms with Crippen LogP contribution in [0.1, 0.15) is 4.88 Å². The van der Waals surface area contributed by atoms with Gasteiger partial charge in [0.2, 0.25) is 5.91 Å². The number of carbonyl (C=O) groups excluding carboxylic acids is 1. The van der Waals surface area contributed by atoms with Gasteiger partial charge in [0.15, 0.2) is 0 Å². The van der Waals surface area contributed by atoms with Crippen LogP contribution in [-0.4, -0.2) is 68.1 Å². The lowest BCUT2D eigenvalue weighted by Crippen LogP contribution is -2.52. The van der Waals surface area contributed by atoms with Crippen LogP contribution in [0.25, 0.3) is 16.5 Å². The molecule has 0 spiro atoms. The molecule has 0 bridgehead atoms. The van der Waals surface area contributed by atoms with E-state index in [0.29, 0.717) is 31.2 Å². The largest absolute Gasteiger partial charge is 0.337 e. The number of hydrogen-bond donors (Lipinski definition) is 0. The van der Waals surface area contributed by atoms with Gasteiger partial charge >= 0.3 is 0 Å². The smallest absolute Gasteiger partial charge is 0.281 e. The molecule has 150 valence electrons. The summed E-state index contributed by atoms with van der Waals surface area (Å²) in [6, 6.07) is 11.6. The topological polar surface area (TPSA) is 60.9 Å². The molecule has 6 nitrogen and oxygen atoms in total. The fourth-order valence-electron chi connectivity index (χ4n) is 2.88. The summed E-state index contributed by atoms with van der Waals surface area (Å²) < 4.78 is 26.9. The number of nitrogens with zero attached hydrogens (tertiary/aromatic N) is 3. The summed E-state index contributed by atoms with van der Waals surface area (Å²) in [7, 11) is -0.415. The zero-order chi connectivity index (χ0) is 20.3. The second-order valence-corrected chi connectivity index (χ2v) is 10.2. The standard InChI is InChI=1S/C19H22ClN3O3S2/c1-21(2)28(25,26)23-13-11-22(12-14-23)19(24)10-8-15-7-9-18(27-15)16-5-3-4-6-17(16)20/h3-10H,11-14H2,1-2H3/b10-8+. The minimum absolute atomic E-state index is 0.116. The first-order valence-electron chi connectivity index (χ1n) is 8.78. The van der Waals surface area contributed by atoms with Crippen molar-refractivity contribution in [2.24, 2.45) is 0 Å². The van der Waals surface area contributed by atoms with Crippen LogP contribution in [0, 0.1) is 0 Å². The highest BCUT2D eigenvalue weighted by molar-refractivity contribution is 7.86. The fraction of sp³-hybridized carbons (Fsp3) is 0.316. The summed E-state index contributed by atoms with van der Waals surface area (Å²) in [5.74, 6) is -0.116. The monoisotopic (exact) mass is 439 g/mol. The lowest BCUT2D eigenvalue weighted by atomic mass is 10.2. The van der Waals surface area contributed by atoms with Gasteiger partial charge in [-0.3, -0.25) is 4.79 Å². The SMILES string of the molecule is CN(C)S(=O)(=O)N1CCN(C(=O)/C=C/c2ccc(-c3ccccc3Cl)s2)CC1. The van der Waals surface area contributed by atoms with Crippen LogP contribution in [0.3, 0.4) is 0 Å². The zero-order valence-electron chi connectivity index (χ0n) is 15.7. The lowest BCUT2D eigenvalue weighted by molar-refractivity contribution is -0.127. The van der Waals surface area contributed by atoms with Crippen LogP contribution in [0.5, 0.6) is 0 Å². The molecule has 0 N–H and O–H groups in total. The summed E-state index contributed by atoms with van der Waals surface area (Å²) in [5, 5.41) is 0.696. The maximum Gasteiger partial charge on any atom is 0.281 e. The molecule has 0 saturated carbocycles. The number of halogens is 1. The molecule has 2 aromatic rings. The summed E-state index contributed by atoms with van der Waals surface area (Å²) in [6.45, 7) is 1.36. The number of benzene rings is 1. The van der Waals surface area contributed by atoms with Crippen molar-refractivity contribution < 1.29 is 13.2 Å². The van der Waals surface area contributed by atoms with E-state index in [9.17, 15) is 13.2 Å². The van der Waals surface area contributed by atoms with Crippen molar-refractivity contribution in [2.75, 3.05) is 40.3 Å². The van der Waals surface area contributed by atoms with Crippen LogP contribution in [0.15, 0.2) is 42.5 Å². The van der Waals surface area contributed by atoms with Gasteiger partial charge < -0.3 is 4.90 Å². The molecule has 0 unspecified atom stereocenters. The molecule has 0 atom stereocenters. The van der Waals surface area contributed by atoms with Gasteiger partial charge in [-0.15, -0.1) is 11.3 Å². The number of thiophene rings is 1. The molecular weight excluding hydrogens is 418 g/mol. The summed E-state index contributed by atoms with van der Waals surface area (Å²) >= 11 is 7.80. The van der Waals surface area contributed by atoms with Crippen molar-refractivity contribution >= 4 is 45.1 Å². The van der Waals surface area contributed by atoms with Crippen molar-refractivity contribution in [1.29, 1.82) is 0 Å². The third-order valence-corrected chi connectivity index (χ3v) is 7.85. The van der Waals surface area contributed by atoms with Crippen molar-refractivity contribution in [3.05, 3.63) is 52.4 Å². The average molecular weight is 440 g/mol. The Balaban J connectivity index is 1.60. The molecule has 1 aromatic heterocycles. The van der Waals surface area contributed by atoms with Crippen LogP contribution in [0.4, 0.5) is 0 Å². The summed E-state index contributed by atoms with van der Waals surface area (Å²) in [5.41, 5.74) is 0.971. The van der Waals surface area contributed by atoms with Gasteiger partial charge in [0.05, 0.1) is 0 Å². The highest BCUT2D eigenvalue weighted by atomic mass is 35.5. The van der Waals surface area contributed by atoms with Crippen molar-refractivity contribution in [1.82, 2.24) is 13.5 Å². The first-order valence-corrected chi connectivity index (χ1v) is 11.4.